The quantitative estimate of drug-likeness (QED) is 0.645. The average molecular weight is 206 g/mol. The van der Waals surface area contributed by atoms with Gasteiger partial charge in [-0.1, -0.05) is 12.1 Å². The van der Waals surface area contributed by atoms with Crippen LogP contribution in [0.4, 0.5) is 0 Å². The summed E-state index contributed by atoms with van der Waals surface area (Å²) in [4.78, 5) is 10.5. The molecule has 15 heavy (non-hydrogen) atoms. The number of rotatable bonds is 3. The van der Waals surface area contributed by atoms with Gasteiger partial charge in [0.25, 0.3) is 0 Å². The number of nitrogens with two attached hydrogens (primary N) is 1. The van der Waals surface area contributed by atoms with Crippen LogP contribution < -0.4 is 5.73 Å². The highest BCUT2D eigenvalue weighted by Gasteiger charge is 2.23. The number of aliphatic hydroxyl groups is 1. The van der Waals surface area contributed by atoms with Gasteiger partial charge in [-0.25, -0.2) is 0 Å². The molecular formula is C10H10N2O3. The molecule has 0 aromatic heterocycles. The molecule has 1 rings (SSSR count). The van der Waals surface area contributed by atoms with Gasteiger partial charge in [0.05, 0.1) is 11.6 Å². The fourth-order valence-corrected chi connectivity index (χ4v) is 1.13. The van der Waals surface area contributed by atoms with Crippen LogP contribution in [0.3, 0.4) is 0 Å². The Morgan fingerprint density at radius 3 is 2.73 bits per heavy atom. The van der Waals surface area contributed by atoms with Gasteiger partial charge in [-0.15, -0.1) is 0 Å². The van der Waals surface area contributed by atoms with E-state index in [2.05, 4.69) is 0 Å². The van der Waals surface area contributed by atoms with Crippen molar-refractivity contribution < 1.29 is 15.0 Å². The monoisotopic (exact) mass is 206 g/mol. The van der Waals surface area contributed by atoms with Crippen molar-refractivity contribution in [3.05, 3.63) is 35.4 Å². The van der Waals surface area contributed by atoms with Crippen molar-refractivity contribution in [3.63, 3.8) is 0 Å². The van der Waals surface area contributed by atoms with E-state index in [9.17, 15) is 9.90 Å². The van der Waals surface area contributed by atoms with Crippen LogP contribution in [0.25, 0.3) is 0 Å². The number of benzene rings is 1. The lowest BCUT2D eigenvalue weighted by Gasteiger charge is -2.15. The van der Waals surface area contributed by atoms with E-state index in [1.807, 2.05) is 6.07 Å². The van der Waals surface area contributed by atoms with E-state index in [0.717, 1.165) is 0 Å². The van der Waals surface area contributed by atoms with Crippen molar-refractivity contribution >= 4 is 5.97 Å². The molecule has 0 aliphatic carbocycles. The predicted octanol–water partition coefficient (Wildman–Crippen LogP) is 0.00358. The Labute approximate surface area is 86.4 Å². The van der Waals surface area contributed by atoms with Gasteiger partial charge in [-0.2, -0.15) is 5.26 Å². The maximum absolute atomic E-state index is 10.5. The van der Waals surface area contributed by atoms with Gasteiger partial charge in [-0.3, -0.25) is 4.79 Å². The fourth-order valence-electron chi connectivity index (χ4n) is 1.13. The van der Waals surface area contributed by atoms with Gasteiger partial charge in [0, 0.05) is 0 Å². The van der Waals surface area contributed by atoms with E-state index in [4.69, 9.17) is 16.1 Å². The summed E-state index contributed by atoms with van der Waals surface area (Å²) in [7, 11) is 0. The largest absolute Gasteiger partial charge is 0.480 e. The molecular weight excluding hydrogens is 196 g/mol. The molecule has 4 N–H and O–H groups in total. The number of aliphatic hydroxyl groups excluding tert-OH is 1. The molecule has 0 amide bonds. The van der Waals surface area contributed by atoms with Crippen LogP contribution in [-0.4, -0.2) is 22.2 Å². The lowest BCUT2D eigenvalue weighted by Crippen LogP contribution is -2.36. The third kappa shape index (κ3) is 2.53. The molecule has 1 aromatic carbocycles. The van der Waals surface area contributed by atoms with E-state index >= 15 is 0 Å². The first-order valence-corrected chi connectivity index (χ1v) is 4.22. The Morgan fingerprint density at radius 2 is 2.20 bits per heavy atom. The Hall–Kier alpha value is -1.90. The zero-order valence-electron chi connectivity index (χ0n) is 7.79. The number of carboxylic acid groups (broad SMARTS) is 1. The SMILES string of the molecule is N#Cc1cccc(C(O)C(N)C(=O)O)c1. The second-order valence-electron chi connectivity index (χ2n) is 3.05. The summed E-state index contributed by atoms with van der Waals surface area (Å²) >= 11 is 0. The minimum atomic E-state index is -1.39. The van der Waals surface area contributed by atoms with Crippen LogP contribution >= 0.6 is 0 Å². The predicted molar refractivity (Wildman–Crippen MR) is 51.7 cm³/mol. The van der Waals surface area contributed by atoms with Gasteiger partial charge in [-0.05, 0) is 17.7 Å². The molecule has 2 atom stereocenters. The van der Waals surface area contributed by atoms with E-state index < -0.39 is 18.1 Å². The van der Waals surface area contributed by atoms with Crippen LogP contribution in [0.15, 0.2) is 24.3 Å². The molecule has 5 nitrogen and oxygen atoms in total. The van der Waals surface area contributed by atoms with Gasteiger partial charge < -0.3 is 15.9 Å². The Balaban J connectivity index is 2.96. The van der Waals surface area contributed by atoms with Crippen LogP contribution in [0, 0.1) is 11.3 Å². The molecule has 0 radical (unpaired) electrons. The van der Waals surface area contributed by atoms with Crippen molar-refractivity contribution in [2.75, 3.05) is 0 Å². The minimum absolute atomic E-state index is 0.323. The maximum atomic E-state index is 10.5. The second kappa shape index (κ2) is 4.55. The molecule has 78 valence electrons. The highest BCUT2D eigenvalue weighted by atomic mass is 16.4. The minimum Gasteiger partial charge on any atom is -0.480 e. The summed E-state index contributed by atoms with van der Waals surface area (Å²) in [6.07, 6.45) is -1.31. The summed E-state index contributed by atoms with van der Waals surface area (Å²) in [6.45, 7) is 0. The summed E-state index contributed by atoms with van der Waals surface area (Å²) in [5.41, 5.74) is 5.93. The summed E-state index contributed by atoms with van der Waals surface area (Å²) in [6, 6.07) is 6.55. The molecule has 0 aliphatic heterocycles. The van der Waals surface area contributed by atoms with Crippen molar-refractivity contribution in [1.82, 2.24) is 0 Å². The van der Waals surface area contributed by atoms with Gasteiger partial charge in [0.1, 0.15) is 12.1 Å². The lowest BCUT2D eigenvalue weighted by molar-refractivity contribution is -0.141. The van der Waals surface area contributed by atoms with Crippen LogP contribution in [0.5, 0.6) is 0 Å². The molecule has 1 aromatic rings. The molecule has 0 saturated carbocycles. The zero-order valence-corrected chi connectivity index (χ0v) is 7.79. The first-order chi connectivity index (χ1) is 7.06. The normalized spacial score (nSPS) is 13.9. The summed E-state index contributed by atoms with van der Waals surface area (Å²) in [5, 5.41) is 26.8. The number of carbonyl (C=O) groups is 1. The highest BCUT2D eigenvalue weighted by Crippen LogP contribution is 2.16. The first-order valence-electron chi connectivity index (χ1n) is 4.22. The Bertz CT molecular complexity index is 411. The standard InChI is InChI=1S/C10H10N2O3/c11-5-6-2-1-3-7(4-6)9(13)8(12)10(14)15/h1-4,8-9,13H,12H2,(H,14,15). The topological polar surface area (TPSA) is 107 Å². The fraction of sp³-hybridized carbons (Fsp3) is 0.200. The van der Waals surface area contributed by atoms with E-state index in [0.29, 0.717) is 11.1 Å². The van der Waals surface area contributed by atoms with Crippen molar-refractivity contribution in [3.8, 4) is 6.07 Å². The third-order valence-electron chi connectivity index (χ3n) is 1.98. The van der Waals surface area contributed by atoms with E-state index in [-0.39, 0.29) is 0 Å². The van der Waals surface area contributed by atoms with Crippen LogP contribution in [0.1, 0.15) is 17.2 Å². The number of nitrogens with zero attached hydrogens (tertiary/aromatic N) is 1. The van der Waals surface area contributed by atoms with Crippen molar-refractivity contribution in [1.29, 1.82) is 5.26 Å². The maximum Gasteiger partial charge on any atom is 0.323 e. The first kappa shape index (κ1) is 11.2. The lowest BCUT2D eigenvalue weighted by atomic mass is 10.0. The van der Waals surface area contributed by atoms with Gasteiger partial charge >= 0.3 is 5.97 Å². The second-order valence-corrected chi connectivity index (χ2v) is 3.05. The zero-order chi connectivity index (χ0) is 11.4. The highest BCUT2D eigenvalue weighted by molar-refractivity contribution is 5.74. The number of nitriles is 1. The molecule has 0 aliphatic rings. The molecule has 2 unspecified atom stereocenters. The smallest absolute Gasteiger partial charge is 0.323 e. The van der Waals surface area contributed by atoms with Crippen LogP contribution in [0.2, 0.25) is 0 Å². The van der Waals surface area contributed by atoms with E-state index in [1.165, 1.54) is 12.1 Å². The number of aliphatic carboxylic acids is 1. The Morgan fingerprint density at radius 1 is 1.53 bits per heavy atom. The molecule has 5 heteroatoms. The Kier molecular flexibility index (Phi) is 3.39. The third-order valence-corrected chi connectivity index (χ3v) is 1.98. The van der Waals surface area contributed by atoms with E-state index in [1.54, 1.807) is 12.1 Å². The number of carboxylic acids is 1. The van der Waals surface area contributed by atoms with Crippen LogP contribution in [-0.2, 0) is 4.79 Å². The van der Waals surface area contributed by atoms with Crippen molar-refractivity contribution in [2.24, 2.45) is 5.73 Å². The number of hydrogen-bond donors (Lipinski definition) is 3. The molecule has 0 bridgehead atoms. The molecule has 0 fully saturated rings. The number of hydrogen-bond acceptors (Lipinski definition) is 4. The average Bonchev–Trinajstić information content (AvgIpc) is 2.27. The van der Waals surface area contributed by atoms with Gasteiger partial charge in [0.15, 0.2) is 0 Å². The summed E-state index contributed by atoms with van der Waals surface area (Å²) < 4.78 is 0. The van der Waals surface area contributed by atoms with Crippen molar-refractivity contribution in [2.45, 2.75) is 12.1 Å². The molecule has 0 saturated heterocycles. The molecule has 0 spiro atoms. The summed E-state index contributed by atoms with van der Waals surface area (Å²) in [5.74, 6) is -1.29. The molecule has 0 heterocycles. The van der Waals surface area contributed by atoms with Gasteiger partial charge in [0.2, 0.25) is 0 Å².